The van der Waals surface area contributed by atoms with Crippen LogP contribution in [0.1, 0.15) is 33.1 Å². The number of carboxylic acid groups (broad SMARTS) is 1. The first kappa shape index (κ1) is 13.5. The van der Waals surface area contributed by atoms with Crippen LogP contribution in [0.25, 0.3) is 0 Å². The normalized spacial score (nSPS) is 19.2. The average molecular weight is 228 g/mol. The Morgan fingerprint density at radius 2 is 2.00 bits per heavy atom. The zero-order valence-corrected chi connectivity index (χ0v) is 10.4. The number of nitrogens with zero attached hydrogens (tertiary/aromatic N) is 1. The molecule has 0 aliphatic carbocycles. The van der Waals surface area contributed by atoms with Crippen LogP contribution in [0.3, 0.4) is 0 Å². The van der Waals surface area contributed by atoms with Gasteiger partial charge in [0.05, 0.1) is 6.42 Å². The number of hydrogen-bond donors (Lipinski definition) is 2. The molecule has 1 heterocycles. The van der Waals surface area contributed by atoms with Crippen molar-refractivity contribution in [3.63, 3.8) is 0 Å². The highest BCUT2D eigenvalue weighted by molar-refractivity contribution is 5.66. The molecule has 0 amide bonds. The molecule has 2 N–H and O–H groups in total. The summed E-state index contributed by atoms with van der Waals surface area (Å²) in [5.41, 5.74) is 0. The van der Waals surface area contributed by atoms with Crippen LogP contribution in [-0.2, 0) is 4.79 Å². The third kappa shape index (κ3) is 4.94. The van der Waals surface area contributed by atoms with Crippen LogP contribution in [0.5, 0.6) is 0 Å². The van der Waals surface area contributed by atoms with Gasteiger partial charge in [0.1, 0.15) is 0 Å². The van der Waals surface area contributed by atoms with Crippen LogP contribution >= 0.6 is 0 Å². The summed E-state index contributed by atoms with van der Waals surface area (Å²) in [7, 11) is 0. The van der Waals surface area contributed by atoms with Gasteiger partial charge in [0, 0.05) is 19.1 Å². The first-order valence-corrected chi connectivity index (χ1v) is 6.27. The fourth-order valence-corrected chi connectivity index (χ4v) is 2.12. The van der Waals surface area contributed by atoms with Crippen molar-refractivity contribution in [1.82, 2.24) is 10.2 Å². The second-order valence-corrected chi connectivity index (χ2v) is 4.96. The number of carboxylic acids is 1. The van der Waals surface area contributed by atoms with Gasteiger partial charge in [0.2, 0.25) is 0 Å². The highest BCUT2D eigenvalue weighted by Gasteiger charge is 2.19. The molecular weight excluding hydrogens is 204 g/mol. The third-order valence-electron chi connectivity index (χ3n) is 3.20. The summed E-state index contributed by atoms with van der Waals surface area (Å²) in [6.45, 7) is 8.40. The Hall–Kier alpha value is -0.610. The van der Waals surface area contributed by atoms with Crippen molar-refractivity contribution in [2.45, 2.75) is 39.2 Å². The van der Waals surface area contributed by atoms with E-state index in [-0.39, 0.29) is 6.42 Å². The van der Waals surface area contributed by atoms with E-state index in [0.717, 1.165) is 6.54 Å². The molecule has 1 aliphatic rings. The van der Waals surface area contributed by atoms with Crippen molar-refractivity contribution in [3.05, 3.63) is 0 Å². The van der Waals surface area contributed by atoms with Crippen LogP contribution in [0, 0.1) is 5.92 Å². The molecule has 0 spiro atoms. The SMILES string of the molecule is CC(C)C(CN1CCCC1)NCCC(=O)O. The summed E-state index contributed by atoms with van der Waals surface area (Å²) in [5, 5.41) is 12.0. The van der Waals surface area contributed by atoms with Crippen LogP contribution in [0.15, 0.2) is 0 Å². The Morgan fingerprint density at radius 3 is 2.50 bits per heavy atom. The summed E-state index contributed by atoms with van der Waals surface area (Å²) in [5.74, 6) is -0.175. The minimum absolute atomic E-state index is 0.212. The van der Waals surface area contributed by atoms with Gasteiger partial charge in [-0.15, -0.1) is 0 Å². The maximum atomic E-state index is 10.4. The Morgan fingerprint density at radius 1 is 1.38 bits per heavy atom. The highest BCUT2D eigenvalue weighted by Crippen LogP contribution is 2.11. The molecule has 4 nitrogen and oxygen atoms in total. The lowest BCUT2D eigenvalue weighted by Gasteiger charge is -2.27. The Balaban J connectivity index is 2.26. The fourth-order valence-electron chi connectivity index (χ4n) is 2.12. The Labute approximate surface area is 98.0 Å². The third-order valence-corrected chi connectivity index (χ3v) is 3.20. The number of nitrogens with one attached hydrogen (secondary N) is 1. The molecular formula is C12H24N2O2. The molecule has 0 aromatic rings. The number of rotatable bonds is 7. The monoisotopic (exact) mass is 228 g/mol. The first-order valence-electron chi connectivity index (χ1n) is 6.27. The van der Waals surface area contributed by atoms with Crippen molar-refractivity contribution in [3.8, 4) is 0 Å². The van der Waals surface area contributed by atoms with E-state index < -0.39 is 5.97 Å². The summed E-state index contributed by atoms with van der Waals surface area (Å²) >= 11 is 0. The van der Waals surface area contributed by atoms with Crippen LogP contribution in [0.2, 0.25) is 0 Å². The summed E-state index contributed by atoms with van der Waals surface area (Å²) < 4.78 is 0. The van der Waals surface area contributed by atoms with E-state index in [1.165, 1.54) is 25.9 Å². The van der Waals surface area contributed by atoms with Crippen molar-refractivity contribution >= 4 is 5.97 Å². The molecule has 1 fully saturated rings. The van der Waals surface area contributed by atoms with Gasteiger partial charge in [0.15, 0.2) is 0 Å². The van der Waals surface area contributed by atoms with Gasteiger partial charge in [-0.3, -0.25) is 4.79 Å². The number of carbonyl (C=O) groups is 1. The quantitative estimate of drug-likeness (QED) is 0.687. The molecule has 1 saturated heterocycles. The zero-order valence-electron chi connectivity index (χ0n) is 10.4. The van der Waals surface area contributed by atoms with Gasteiger partial charge >= 0.3 is 5.97 Å². The van der Waals surface area contributed by atoms with E-state index in [2.05, 4.69) is 24.1 Å². The molecule has 1 aliphatic heterocycles. The van der Waals surface area contributed by atoms with Crippen molar-refractivity contribution in [1.29, 1.82) is 0 Å². The molecule has 1 unspecified atom stereocenters. The minimum Gasteiger partial charge on any atom is -0.481 e. The maximum absolute atomic E-state index is 10.4. The molecule has 94 valence electrons. The molecule has 0 aromatic carbocycles. The van der Waals surface area contributed by atoms with Gasteiger partial charge in [0.25, 0.3) is 0 Å². The lowest BCUT2D eigenvalue weighted by atomic mass is 10.0. The lowest BCUT2D eigenvalue weighted by molar-refractivity contribution is -0.136. The van der Waals surface area contributed by atoms with E-state index in [9.17, 15) is 4.79 Å². The number of likely N-dealkylation sites (tertiary alicyclic amines) is 1. The van der Waals surface area contributed by atoms with Gasteiger partial charge < -0.3 is 15.3 Å². The molecule has 1 atom stereocenters. The van der Waals surface area contributed by atoms with Gasteiger partial charge in [-0.2, -0.15) is 0 Å². The number of aliphatic carboxylic acids is 1. The molecule has 4 heteroatoms. The Kier molecular flexibility index (Phi) is 5.77. The molecule has 0 radical (unpaired) electrons. The van der Waals surface area contributed by atoms with E-state index in [4.69, 9.17) is 5.11 Å². The Bertz CT molecular complexity index is 213. The van der Waals surface area contributed by atoms with Gasteiger partial charge in [-0.1, -0.05) is 13.8 Å². The predicted molar refractivity (Wildman–Crippen MR) is 64.6 cm³/mol. The number of hydrogen-bond acceptors (Lipinski definition) is 3. The summed E-state index contributed by atoms with van der Waals surface area (Å²) in [6, 6.07) is 0.414. The van der Waals surface area contributed by atoms with E-state index in [1.54, 1.807) is 0 Å². The molecule has 16 heavy (non-hydrogen) atoms. The van der Waals surface area contributed by atoms with E-state index in [0.29, 0.717) is 18.5 Å². The van der Waals surface area contributed by atoms with Crippen LogP contribution in [0.4, 0.5) is 0 Å². The highest BCUT2D eigenvalue weighted by atomic mass is 16.4. The second-order valence-electron chi connectivity index (χ2n) is 4.96. The van der Waals surface area contributed by atoms with E-state index >= 15 is 0 Å². The predicted octanol–water partition coefficient (Wildman–Crippen LogP) is 1.17. The summed E-state index contributed by atoms with van der Waals surface area (Å²) in [6.07, 6.45) is 2.82. The first-order chi connectivity index (χ1) is 7.59. The van der Waals surface area contributed by atoms with Crippen LogP contribution < -0.4 is 5.32 Å². The van der Waals surface area contributed by atoms with Crippen molar-refractivity contribution in [2.75, 3.05) is 26.2 Å². The summed E-state index contributed by atoms with van der Waals surface area (Å²) in [4.78, 5) is 12.9. The van der Waals surface area contributed by atoms with Gasteiger partial charge in [-0.25, -0.2) is 0 Å². The fraction of sp³-hybridized carbons (Fsp3) is 0.917. The van der Waals surface area contributed by atoms with E-state index in [1.807, 2.05) is 0 Å². The molecule has 0 saturated carbocycles. The topological polar surface area (TPSA) is 52.6 Å². The molecule has 0 aromatic heterocycles. The molecule has 0 bridgehead atoms. The maximum Gasteiger partial charge on any atom is 0.304 e. The largest absolute Gasteiger partial charge is 0.481 e. The molecule has 1 rings (SSSR count). The van der Waals surface area contributed by atoms with Crippen LogP contribution in [-0.4, -0.2) is 48.2 Å². The lowest BCUT2D eigenvalue weighted by Crippen LogP contribution is -2.44. The van der Waals surface area contributed by atoms with Crippen molar-refractivity contribution < 1.29 is 9.90 Å². The standard InChI is InChI=1S/C12H24N2O2/c1-10(2)11(13-6-5-12(15)16)9-14-7-3-4-8-14/h10-11,13H,3-9H2,1-2H3,(H,15,16). The average Bonchev–Trinajstić information content (AvgIpc) is 2.68. The minimum atomic E-state index is -0.726. The zero-order chi connectivity index (χ0) is 12.0. The second kappa shape index (κ2) is 6.86. The van der Waals surface area contributed by atoms with Crippen molar-refractivity contribution in [2.24, 2.45) is 5.92 Å². The van der Waals surface area contributed by atoms with Gasteiger partial charge in [-0.05, 0) is 31.8 Å². The smallest absolute Gasteiger partial charge is 0.304 e.